The van der Waals surface area contributed by atoms with E-state index in [0.717, 1.165) is 80.4 Å². The van der Waals surface area contributed by atoms with E-state index in [4.69, 9.17) is 9.47 Å². The lowest BCUT2D eigenvalue weighted by Gasteiger charge is -2.35. The normalized spacial score (nSPS) is 21.8. The third-order valence-electron chi connectivity index (χ3n) is 6.93. The Hall–Kier alpha value is -2.64. The molecule has 7 nitrogen and oxygen atoms in total. The lowest BCUT2D eigenvalue weighted by molar-refractivity contribution is -0.126. The van der Waals surface area contributed by atoms with Crippen LogP contribution in [0.2, 0.25) is 0 Å². The molecule has 1 saturated heterocycles. The Morgan fingerprint density at radius 2 is 1.81 bits per heavy atom. The first kappa shape index (κ1) is 26.4. The molecule has 0 atom stereocenters. The molecule has 7 heteroatoms. The smallest absolute Gasteiger partial charge is 0.230 e. The summed E-state index contributed by atoms with van der Waals surface area (Å²) in [5.41, 5.74) is 3.86. The zero-order chi connectivity index (χ0) is 25.7. The van der Waals surface area contributed by atoms with Gasteiger partial charge in [-0.15, -0.1) is 0 Å². The SMILES string of the molecule is CC.CC(C)(C)OC1CCC(C(=O)N2Cc3cccnc3Nc3ccc(N4CCOCC4)cc32)CC1. The van der Waals surface area contributed by atoms with Crippen molar-refractivity contribution in [2.75, 3.05) is 41.4 Å². The first-order valence-corrected chi connectivity index (χ1v) is 13.5. The monoisotopic (exact) mass is 494 g/mol. The van der Waals surface area contributed by atoms with Gasteiger partial charge in [-0.3, -0.25) is 4.79 Å². The zero-order valence-corrected chi connectivity index (χ0v) is 22.5. The van der Waals surface area contributed by atoms with Gasteiger partial charge in [-0.25, -0.2) is 4.98 Å². The average molecular weight is 495 g/mol. The van der Waals surface area contributed by atoms with Crippen LogP contribution in [0.4, 0.5) is 22.9 Å². The molecule has 1 aliphatic carbocycles. The van der Waals surface area contributed by atoms with Crippen LogP contribution in [0.1, 0.15) is 65.9 Å². The summed E-state index contributed by atoms with van der Waals surface area (Å²) in [5, 5.41) is 3.49. The van der Waals surface area contributed by atoms with E-state index < -0.39 is 0 Å². The molecule has 0 spiro atoms. The van der Waals surface area contributed by atoms with Gasteiger partial charge in [-0.2, -0.15) is 0 Å². The molecule has 5 rings (SSSR count). The summed E-state index contributed by atoms with van der Waals surface area (Å²) in [6, 6.07) is 10.4. The molecule has 0 radical (unpaired) electrons. The standard InChI is InChI=1S/C27H36N4O3.C2H6/c1-27(2,3)34-22-9-6-19(7-10-22)26(32)31-18-20-5-4-12-28-25(20)29-23-11-8-21(17-24(23)31)30-13-15-33-16-14-30;1-2/h4-5,8,11-12,17,19,22H,6-7,9-10,13-16,18H2,1-3H3,(H,28,29);1-2H3. The molecular weight excluding hydrogens is 452 g/mol. The van der Waals surface area contributed by atoms with Crippen molar-refractivity contribution >= 4 is 28.8 Å². The van der Waals surface area contributed by atoms with Gasteiger partial charge in [0.1, 0.15) is 5.82 Å². The Morgan fingerprint density at radius 3 is 2.50 bits per heavy atom. The summed E-state index contributed by atoms with van der Waals surface area (Å²) < 4.78 is 11.7. The van der Waals surface area contributed by atoms with Crippen LogP contribution in [0.5, 0.6) is 0 Å². The summed E-state index contributed by atoms with van der Waals surface area (Å²) in [7, 11) is 0. The number of anilines is 4. The zero-order valence-electron chi connectivity index (χ0n) is 22.5. The van der Waals surface area contributed by atoms with E-state index in [9.17, 15) is 4.79 Å². The number of fused-ring (bicyclic) bond motifs is 2. The van der Waals surface area contributed by atoms with Crippen LogP contribution in [-0.4, -0.2) is 48.9 Å². The van der Waals surface area contributed by atoms with Crippen LogP contribution in [0.25, 0.3) is 0 Å². The quantitative estimate of drug-likeness (QED) is 0.572. The van der Waals surface area contributed by atoms with Gasteiger partial charge in [0, 0.05) is 36.5 Å². The second kappa shape index (κ2) is 11.6. The summed E-state index contributed by atoms with van der Waals surface area (Å²) in [6.07, 6.45) is 5.61. The second-order valence-corrected chi connectivity index (χ2v) is 10.6. The molecule has 1 aromatic carbocycles. The van der Waals surface area contributed by atoms with Crippen molar-refractivity contribution in [3.8, 4) is 0 Å². The van der Waals surface area contributed by atoms with Crippen molar-refractivity contribution in [3.63, 3.8) is 0 Å². The molecule has 2 aliphatic heterocycles. The fourth-order valence-corrected chi connectivity index (χ4v) is 5.27. The van der Waals surface area contributed by atoms with Gasteiger partial charge in [0.05, 0.1) is 42.8 Å². The molecule has 0 unspecified atom stereocenters. The van der Waals surface area contributed by atoms with Gasteiger partial charge >= 0.3 is 0 Å². The molecule has 196 valence electrons. The third kappa shape index (κ3) is 6.19. The van der Waals surface area contributed by atoms with E-state index in [2.05, 4.69) is 60.2 Å². The van der Waals surface area contributed by atoms with E-state index in [1.54, 1.807) is 6.20 Å². The van der Waals surface area contributed by atoms with Crippen molar-refractivity contribution in [2.45, 2.75) is 78.6 Å². The summed E-state index contributed by atoms with van der Waals surface area (Å²) in [6.45, 7) is 14.0. The number of nitrogens with zero attached hydrogens (tertiary/aromatic N) is 3. The molecular formula is C29H42N4O3. The molecule has 0 bridgehead atoms. The number of aromatic nitrogens is 1. The number of carbonyl (C=O) groups excluding carboxylic acids is 1. The van der Waals surface area contributed by atoms with Crippen molar-refractivity contribution in [2.24, 2.45) is 5.92 Å². The van der Waals surface area contributed by atoms with Crippen LogP contribution in [-0.2, 0) is 20.8 Å². The number of hydrogen-bond acceptors (Lipinski definition) is 6. The van der Waals surface area contributed by atoms with Crippen LogP contribution in [0.15, 0.2) is 36.5 Å². The molecule has 3 aliphatic rings. The Kier molecular flexibility index (Phi) is 8.52. The molecule has 2 fully saturated rings. The van der Waals surface area contributed by atoms with E-state index >= 15 is 0 Å². The Morgan fingerprint density at radius 1 is 1.08 bits per heavy atom. The molecule has 1 amide bonds. The lowest BCUT2D eigenvalue weighted by atomic mass is 9.86. The molecule has 3 heterocycles. The average Bonchev–Trinajstić information content (AvgIpc) is 3.06. The topological polar surface area (TPSA) is 66.9 Å². The minimum absolute atomic E-state index is 0.0120. The minimum atomic E-state index is -0.149. The fourth-order valence-electron chi connectivity index (χ4n) is 5.27. The van der Waals surface area contributed by atoms with Gasteiger partial charge in [-0.05, 0) is 70.7 Å². The fraction of sp³-hybridized carbons (Fsp3) is 0.586. The number of benzene rings is 1. The van der Waals surface area contributed by atoms with Gasteiger partial charge in [-0.1, -0.05) is 19.9 Å². The second-order valence-electron chi connectivity index (χ2n) is 10.6. The number of morpholine rings is 1. The summed E-state index contributed by atoms with van der Waals surface area (Å²) >= 11 is 0. The largest absolute Gasteiger partial charge is 0.378 e. The van der Waals surface area contributed by atoms with E-state index in [0.29, 0.717) is 6.54 Å². The van der Waals surface area contributed by atoms with Crippen LogP contribution in [0, 0.1) is 5.92 Å². The predicted molar refractivity (Wildman–Crippen MR) is 146 cm³/mol. The predicted octanol–water partition coefficient (Wildman–Crippen LogP) is 5.91. The first-order chi connectivity index (χ1) is 17.4. The van der Waals surface area contributed by atoms with E-state index in [-0.39, 0.29) is 23.5 Å². The van der Waals surface area contributed by atoms with E-state index in [1.165, 1.54) is 0 Å². The number of nitrogens with one attached hydrogen (secondary N) is 1. The number of carbonyl (C=O) groups is 1. The summed E-state index contributed by atoms with van der Waals surface area (Å²) in [5.74, 6) is 1.03. The Labute approximate surface area is 216 Å². The van der Waals surface area contributed by atoms with Crippen LogP contribution < -0.4 is 15.1 Å². The number of rotatable bonds is 3. The highest BCUT2D eigenvalue weighted by molar-refractivity contribution is 6.00. The number of hydrogen-bond donors (Lipinski definition) is 1. The highest BCUT2D eigenvalue weighted by atomic mass is 16.5. The van der Waals surface area contributed by atoms with Crippen molar-refractivity contribution in [1.29, 1.82) is 0 Å². The minimum Gasteiger partial charge on any atom is -0.378 e. The van der Waals surface area contributed by atoms with Gasteiger partial charge < -0.3 is 24.6 Å². The maximum absolute atomic E-state index is 14.0. The molecule has 1 N–H and O–H groups in total. The van der Waals surface area contributed by atoms with Gasteiger partial charge in [0.25, 0.3) is 0 Å². The lowest BCUT2D eigenvalue weighted by Crippen LogP contribution is -2.39. The van der Waals surface area contributed by atoms with Crippen LogP contribution >= 0.6 is 0 Å². The Bertz CT molecular complexity index is 1020. The van der Waals surface area contributed by atoms with Crippen LogP contribution in [0.3, 0.4) is 0 Å². The number of pyridine rings is 1. The highest BCUT2D eigenvalue weighted by Crippen LogP contribution is 2.40. The van der Waals surface area contributed by atoms with E-state index in [1.807, 2.05) is 24.8 Å². The molecule has 36 heavy (non-hydrogen) atoms. The Balaban J connectivity index is 0.00000148. The summed E-state index contributed by atoms with van der Waals surface area (Å²) in [4.78, 5) is 22.8. The molecule has 2 aromatic rings. The highest BCUT2D eigenvalue weighted by Gasteiger charge is 2.34. The number of ether oxygens (including phenoxy) is 2. The van der Waals surface area contributed by atoms with Gasteiger partial charge in [0.15, 0.2) is 0 Å². The van der Waals surface area contributed by atoms with Crippen molar-refractivity contribution < 1.29 is 14.3 Å². The third-order valence-corrected chi connectivity index (χ3v) is 6.93. The first-order valence-electron chi connectivity index (χ1n) is 13.5. The molecule has 1 aromatic heterocycles. The maximum Gasteiger partial charge on any atom is 0.230 e. The molecule has 1 saturated carbocycles. The van der Waals surface area contributed by atoms with Crippen molar-refractivity contribution in [3.05, 3.63) is 42.1 Å². The van der Waals surface area contributed by atoms with Gasteiger partial charge in [0.2, 0.25) is 5.91 Å². The number of amides is 1. The maximum atomic E-state index is 14.0. The van der Waals surface area contributed by atoms with Crippen molar-refractivity contribution in [1.82, 2.24) is 4.98 Å².